The summed E-state index contributed by atoms with van der Waals surface area (Å²) in [4.78, 5) is 14.5. The van der Waals surface area contributed by atoms with E-state index in [9.17, 15) is 4.79 Å². The molecule has 0 bridgehead atoms. The number of furan rings is 1. The van der Waals surface area contributed by atoms with Crippen molar-refractivity contribution in [2.75, 3.05) is 20.3 Å². The molecule has 6 nitrogen and oxygen atoms in total. The van der Waals surface area contributed by atoms with Crippen molar-refractivity contribution in [1.82, 2.24) is 4.90 Å². The molecule has 1 aromatic carbocycles. The van der Waals surface area contributed by atoms with Crippen LogP contribution >= 0.6 is 0 Å². The van der Waals surface area contributed by atoms with Crippen LogP contribution in [-0.4, -0.2) is 37.2 Å². The van der Waals surface area contributed by atoms with Crippen LogP contribution in [0.2, 0.25) is 0 Å². The Morgan fingerprint density at radius 1 is 1.31 bits per heavy atom. The predicted octanol–water partition coefficient (Wildman–Crippen LogP) is 3.26. The molecule has 1 amide bonds. The summed E-state index contributed by atoms with van der Waals surface area (Å²) in [6.07, 6.45) is 7.07. The standard InChI is InChI=1S/C20H21NO5/c1-23-17-11-14(12-18-20(17)26-10-9-25-18)4-7-19(22)21(15-5-6-15)13-16-3-2-8-24-16/h2-4,7-8,11-12,15H,5-6,9-10,13H2,1H3/b7-4+. The van der Waals surface area contributed by atoms with Crippen molar-refractivity contribution in [3.05, 3.63) is 47.9 Å². The fourth-order valence-corrected chi connectivity index (χ4v) is 3.00. The van der Waals surface area contributed by atoms with Crippen molar-refractivity contribution in [3.8, 4) is 17.2 Å². The Morgan fingerprint density at radius 2 is 2.15 bits per heavy atom. The van der Waals surface area contributed by atoms with E-state index in [1.54, 1.807) is 25.5 Å². The lowest BCUT2D eigenvalue weighted by Crippen LogP contribution is -2.30. The number of hydrogen-bond acceptors (Lipinski definition) is 5. The van der Waals surface area contributed by atoms with Gasteiger partial charge in [-0.3, -0.25) is 4.79 Å². The van der Waals surface area contributed by atoms with Crippen molar-refractivity contribution >= 4 is 12.0 Å². The average molecular weight is 355 g/mol. The highest BCUT2D eigenvalue weighted by Crippen LogP contribution is 2.40. The van der Waals surface area contributed by atoms with Gasteiger partial charge in [0.25, 0.3) is 0 Å². The van der Waals surface area contributed by atoms with Gasteiger partial charge in [-0.25, -0.2) is 0 Å². The quantitative estimate of drug-likeness (QED) is 0.745. The van der Waals surface area contributed by atoms with Gasteiger partial charge in [0.05, 0.1) is 19.9 Å². The Hall–Kier alpha value is -2.89. The molecule has 0 N–H and O–H groups in total. The summed E-state index contributed by atoms with van der Waals surface area (Å²) in [5, 5.41) is 0. The zero-order chi connectivity index (χ0) is 17.9. The molecule has 2 aliphatic rings. The van der Waals surface area contributed by atoms with Crippen molar-refractivity contribution in [2.45, 2.75) is 25.4 Å². The maximum absolute atomic E-state index is 12.7. The van der Waals surface area contributed by atoms with Crippen LogP contribution in [0, 0.1) is 0 Å². The highest BCUT2D eigenvalue weighted by atomic mass is 16.6. The smallest absolute Gasteiger partial charge is 0.247 e. The topological polar surface area (TPSA) is 61.1 Å². The monoisotopic (exact) mass is 355 g/mol. The minimum absolute atomic E-state index is 0.0299. The second-order valence-electron chi connectivity index (χ2n) is 6.36. The summed E-state index contributed by atoms with van der Waals surface area (Å²) in [6, 6.07) is 7.72. The van der Waals surface area contributed by atoms with Gasteiger partial charge in [0, 0.05) is 12.1 Å². The molecule has 1 saturated carbocycles. The highest BCUT2D eigenvalue weighted by molar-refractivity contribution is 5.92. The van der Waals surface area contributed by atoms with Gasteiger partial charge in [0.2, 0.25) is 11.7 Å². The molecule has 6 heteroatoms. The Morgan fingerprint density at radius 3 is 2.88 bits per heavy atom. The van der Waals surface area contributed by atoms with Crippen LogP contribution in [0.5, 0.6) is 17.2 Å². The molecule has 1 aliphatic heterocycles. The van der Waals surface area contributed by atoms with Gasteiger partial charge < -0.3 is 23.5 Å². The molecule has 1 aliphatic carbocycles. The first-order valence-corrected chi connectivity index (χ1v) is 8.73. The van der Waals surface area contributed by atoms with Crippen LogP contribution in [0.3, 0.4) is 0 Å². The first-order valence-electron chi connectivity index (χ1n) is 8.73. The van der Waals surface area contributed by atoms with E-state index in [2.05, 4.69) is 0 Å². The third kappa shape index (κ3) is 3.54. The summed E-state index contributed by atoms with van der Waals surface area (Å²) >= 11 is 0. The Kier molecular flexibility index (Phi) is 4.56. The van der Waals surface area contributed by atoms with E-state index < -0.39 is 0 Å². The third-order valence-corrected chi connectivity index (χ3v) is 4.45. The third-order valence-electron chi connectivity index (χ3n) is 4.45. The van der Waals surface area contributed by atoms with E-state index in [1.807, 2.05) is 29.2 Å². The van der Waals surface area contributed by atoms with Gasteiger partial charge in [0.1, 0.15) is 19.0 Å². The van der Waals surface area contributed by atoms with Gasteiger partial charge in [-0.1, -0.05) is 0 Å². The number of nitrogens with zero attached hydrogens (tertiary/aromatic N) is 1. The number of carbonyl (C=O) groups excluding carboxylic acids is 1. The lowest BCUT2D eigenvalue weighted by atomic mass is 10.1. The Labute approximate surface area is 151 Å². The summed E-state index contributed by atoms with van der Waals surface area (Å²) in [7, 11) is 1.59. The maximum atomic E-state index is 12.7. The molecule has 0 unspecified atom stereocenters. The summed E-state index contributed by atoms with van der Waals surface area (Å²) < 4.78 is 22.0. The number of methoxy groups -OCH3 is 1. The van der Waals surface area contributed by atoms with Gasteiger partial charge in [-0.15, -0.1) is 0 Å². The van der Waals surface area contributed by atoms with E-state index in [1.165, 1.54) is 0 Å². The number of hydrogen-bond donors (Lipinski definition) is 0. The van der Waals surface area contributed by atoms with Gasteiger partial charge in [-0.05, 0) is 48.7 Å². The normalized spacial score (nSPS) is 15.9. The molecule has 0 spiro atoms. The first kappa shape index (κ1) is 16.6. The van der Waals surface area contributed by atoms with Crippen LogP contribution in [0.4, 0.5) is 0 Å². The van der Waals surface area contributed by atoms with Crippen LogP contribution < -0.4 is 14.2 Å². The maximum Gasteiger partial charge on any atom is 0.247 e. The van der Waals surface area contributed by atoms with E-state index >= 15 is 0 Å². The van der Waals surface area contributed by atoms with E-state index in [4.69, 9.17) is 18.6 Å². The highest BCUT2D eigenvalue weighted by Gasteiger charge is 2.32. The van der Waals surface area contributed by atoms with E-state index in [0.29, 0.717) is 43.0 Å². The second-order valence-corrected chi connectivity index (χ2v) is 6.36. The largest absolute Gasteiger partial charge is 0.493 e. The van der Waals surface area contributed by atoms with Crippen molar-refractivity contribution < 1.29 is 23.4 Å². The van der Waals surface area contributed by atoms with Crippen LogP contribution in [0.1, 0.15) is 24.2 Å². The lowest BCUT2D eigenvalue weighted by Gasteiger charge is -2.21. The van der Waals surface area contributed by atoms with E-state index in [-0.39, 0.29) is 5.91 Å². The van der Waals surface area contributed by atoms with Gasteiger partial charge >= 0.3 is 0 Å². The molecule has 1 aromatic heterocycles. The predicted molar refractivity (Wildman–Crippen MR) is 95.3 cm³/mol. The zero-order valence-electron chi connectivity index (χ0n) is 14.6. The first-order chi connectivity index (χ1) is 12.7. The summed E-state index contributed by atoms with van der Waals surface area (Å²) in [6.45, 7) is 1.49. The fraction of sp³-hybridized carbons (Fsp3) is 0.350. The zero-order valence-corrected chi connectivity index (χ0v) is 14.6. The molecule has 26 heavy (non-hydrogen) atoms. The number of carbonyl (C=O) groups is 1. The Bertz CT molecular complexity index is 791. The average Bonchev–Trinajstić information content (AvgIpc) is 3.38. The molecule has 0 radical (unpaired) electrons. The molecular formula is C20H21NO5. The van der Waals surface area contributed by atoms with Crippen LogP contribution in [0.25, 0.3) is 6.08 Å². The molecule has 0 atom stereocenters. The summed E-state index contributed by atoms with van der Waals surface area (Å²) in [5.41, 5.74) is 0.827. The van der Waals surface area contributed by atoms with Crippen LogP contribution in [-0.2, 0) is 11.3 Å². The minimum atomic E-state index is -0.0299. The number of benzene rings is 1. The molecule has 136 valence electrons. The number of ether oxygens (including phenoxy) is 3. The Balaban J connectivity index is 1.52. The lowest BCUT2D eigenvalue weighted by molar-refractivity contribution is -0.127. The number of rotatable bonds is 6. The van der Waals surface area contributed by atoms with Gasteiger partial charge in [-0.2, -0.15) is 0 Å². The number of amides is 1. The van der Waals surface area contributed by atoms with Crippen LogP contribution in [0.15, 0.2) is 41.0 Å². The SMILES string of the molecule is COc1cc(/C=C/C(=O)N(Cc2ccco2)C2CC2)cc2c1OCCO2. The number of fused-ring (bicyclic) bond motifs is 1. The van der Waals surface area contributed by atoms with Gasteiger partial charge in [0.15, 0.2) is 11.5 Å². The molecule has 1 fully saturated rings. The molecule has 0 saturated heterocycles. The molecule has 4 rings (SSSR count). The molecular weight excluding hydrogens is 334 g/mol. The minimum Gasteiger partial charge on any atom is -0.493 e. The van der Waals surface area contributed by atoms with E-state index in [0.717, 1.165) is 24.2 Å². The summed E-state index contributed by atoms with van der Waals surface area (Å²) in [5.74, 6) is 2.61. The molecule has 2 aromatic rings. The fourth-order valence-electron chi connectivity index (χ4n) is 3.00. The second kappa shape index (κ2) is 7.15. The van der Waals surface area contributed by atoms with Crippen molar-refractivity contribution in [2.24, 2.45) is 0 Å². The van der Waals surface area contributed by atoms with Crippen molar-refractivity contribution in [3.63, 3.8) is 0 Å². The molecule has 2 heterocycles. The van der Waals surface area contributed by atoms with Crippen molar-refractivity contribution in [1.29, 1.82) is 0 Å².